The molecule has 0 heterocycles. The fourth-order valence-corrected chi connectivity index (χ4v) is 9.44. The van der Waals surface area contributed by atoms with Gasteiger partial charge in [0.05, 0.1) is 0 Å². The van der Waals surface area contributed by atoms with E-state index in [1.807, 2.05) is 0 Å². The first kappa shape index (κ1) is 73.6. The Bertz CT molecular complexity index is 1470. The van der Waals surface area contributed by atoms with Crippen molar-refractivity contribution in [2.24, 2.45) is 0 Å². The number of allylic oxidation sites excluding steroid dienone is 14. The molecule has 444 valence electrons. The van der Waals surface area contributed by atoms with Crippen molar-refractivity contribution < 1.29 is 28.6 Å². The molecule has 0 aliphatic rings. The van der Waals surface area contributed by atoms with Crippen LogP contribution >= 0.6 is 0 Å². The van der Waals surface area contributed by atoms with Crippen LogP contribution in [0.2, 0.25) is 0 Å². The Balaban J connectivity index is 4.30. The van der Waals surface area contributed by atoms with Crippen molar-refractivity contribution in [1.82, 2.24) is 0 Å². The zero-order valence-electron chi connectivity index (χ0n) is 51.0. The molecular formula is C71H124O6. The Hall–Kier alpha value is -3.41. The van der Waals surface area contributed by atoms with Gasteiger partial charge in [-0.15, -0.1) is 0 Å². The lowest BCUT2D eigenvalue weighted by molar-refractivity contribution is -0.167. The lowest BCUT2D eigenvalue weighted by Crippen LogP contribution is -2.30. The lowest BCUT2D eigenvalue weighted by Gasteiger charge is -2.18. The highest BCUT2D eigenvalue weighted by Crippen LogP contribution is 2.17. The third-order valence-electron chi connectivity index (χ3n) is 14.4. The van der Waals surface area contributed by atoms with E-state index in [1.165, 1.54) is 186 Å². The second-order valence-electron chi connectivity index (χ2n) is 22.0. The SMILES string of the molecule is CC/C=C\C/C=C\C/C=C\C/C=C\C/C=C\CCCCCCCCCCCCCC(=O)OCC(COC(=O)CCCCCCCCCCCCCCCC)OC(=O)CCCCCCCCC/C=C\C/C=C\CCCCCC. The molecule has 0 bridgehead atoms. The van der Waals surface area contributed by atoms with Crippen molar-refractivity contribution in [1.29, 1.82) is 0 Å². The fraction of sp³-hybridized carbons (Fsp3) is 0.761. The van der Waals surface area contributed by atoms with E-state index in [0.717, 1.165) is 103 Å². The van der Waals surface area contributed by atoms with Gasteiger partial charge >= 0.3 is 17.9 Å². The van der Waals surface area contributed by atoms with Crippen molar-refractivity contribution in [2.75, 3.05) is 13.2 Å². The van der Waals surface area contributed by atoms with Gasteiger partial charge in [0.2, 0.25) is 0 Å². The number of rotatable bonds is 60. The van der Waals surface area contributed by atoms with E-state index < -0.39 is 6.10 Å². The maximum atomic E-state index is 12.9. The van der Waals surface area contributed by atoms with Crippen LogP contribution in [0.25, 0.3) is 0 Å². The van der Waals surface area contributed by atoms with Crippen LogP contribution in [0.5, 0.6) is 0 Å². The molecule has 6 nitrogen and oxygen atoms in total. The number of hydrogen-bond donors (Lipinski definition) is 0. The van der Waals surface area contributed by atoms with E-state index >= 15 is 0 Å². The highest BCUT2D eigenvalue weighted by Gasteiger charge is 2.19. The van der Waals surface area contributed by atoms with Gasteiger partial charge < -0.3 is 14.2 Å². The molecule has 0 amide bonds. The van der Waals surface area contributed by atoms with Gasteiger partial charge in [-0.2, -0.15) is 0 Å². The third-order valence-corrected chi connectivity index (χ3v) is 14.4. The van der Waals surface area contributed by atoms with Gasteiger partial charge in [-0.25, -0.2) is 0 Å². The third kappa shape index (κ3) is 63.3. The van der Waals surface area contributed by atoms with Crippen LogP contribution in [-0.2, 0) is 28.6 Å². The highest BCUT2D eigenvalue weighted by molar-refractivity contribution is 5.71. The standard InChI is InChI=1S/C71H124O6/c1-4-7-10-13-16-19-22-25-28-30-32-33-34-35-36-37-38-39-40-42-43-46-49-52-55-58-61-64-70(73)76-67-68(66-75-69(72)63-60-57-54-51-48-45-27-24-21-18-15-12-9-6-3)77-71(74)65-62-59-56-53-50-47-44-41-31-29-26-23-20-17-14-11-8-5-2/h7,10,16,19-20,23,25,28-29,31-33,35-36,68H,4-6,8-9,11-15,17-18,21-22,24,26-27,30,34,37-67H2,1-3H3/b10-7-,19-16-,23-20-,28-25-,31-29-,33-32-,36-35-. The Morgan fingerprint density at radius 1 is 0.273 bits per heavy atom. The zero-order chi connectivity index (χ0) is 55.7. The summed E-state index contributed by atoms with van der Waals surface area (Å²) in [4.78, 5) is 38.4. The first-order chi connectivity index (χ1) is 38.0. The molecule has 1 unspecified atom stereocenters. The van der Waals surface area contributed by atoms with Gasteiger partial charge in [0.25, 0.3) is 0 Å². The van der Waals surface area contributed by atoms with E-state index in [9.17, 15) is 14.4 Å². The summed E-state index contributed by atoms with van der Waals surface area (Å²) in [5, 5.41) is 0. The van der Waals surface area contributed by atoms with Gasteiger partial charge in [0, 0.05) is 19.3 Å². The summed E-state index contributed by atoms with van der Waals surface area (Å²) in [5.41, 5.74) is 0. The average molecular weight is 1070 g/mol. The molecule has 0 spiro atoms. The van der Waals surface area contributed by atoms with E-state index in [2.05, 4.69) is 106 Å². The van der Waals surface area contributed by atoms with E-state index in [1.54, 1.807) is 0 Å². The van der Waals surface area contributed by atoms with Crippen LogP contribution in [0.15, 0.2) is 85.1 Å². The minimum absolute atomic E-state index is 0.0768. The predicted molar refractivity (Wildman–Crippen MR) is 334 cm³/mol. The van der Waals surface area contributed by atoms with Gasteiger partial charge in [-0.05, 0) is 96.3 Å². The van der Waals surface area contributed by atoms with E-state index in [0.29, 0.717) is 19.3 Å². The summed E-state index contributed by atoms with van der Waals surface area (Å²) < 4.78 is 17.0. The minimum Gasteiger partial charge on any atom is -0.462 e. The summed E-state index contributed by atoms with van der Waals surface area (Å²) in [6.07, 6.45) is 85.9. The summed E-state index contributed by atoms with van der Waals surface area (Å²) in [5.74, 6) is -0.872. The molecule has 0 rings (SSSR count). The van der Waals surface area contributed by atoms with Crippen LogP contribution in [-0.4, -0.2) is 37.2 Å². The minimum atomic E-state index is -0.781. The molecule has 0 aromatic rings. The Morgan fingerprint density at radius 2 is 0.506 bits per heavy atom. The average Bonchev–Trinajstić information content (AvgIpc) is 3.43. The van der Waals surface area contributed by atoms with Crippen LogP contribution in [0.4, 0.5) is 0 Å². The summed E-state index contributed by atoms with van der Waals surface area (Å²) in [7, 11) is 0. The predicted octanol–water partition coefficient (Wildman–Crippen LogP) is 22.7. The van der Waals surface area contributed by atoms with Gasteiger partial charge in [0.15, 0.2) is 6.10 Å². The monoisotopic (exact) mass is 1070 g/mol. The van der Waals surface area contributed by atoms with Crippen molar-refractivity contribution >= 4 is 17.9 Å². The summed E-state index contributed by atoms with van der Waals surface area (Å²) in [6, 6.07) is 0. The lowest BCUT2D eigenvalue weighted by atomic mass is 10.0. The van der Waals surface area contributed by atoms with Gasteiger partial charge in [-0.1, -0.05) is 298 Å². The van der Waals surface area contributed by atoms with Crippen molar-refractivity contribution in [2.45, 2.75) is 335 Å². The number of unbranched alkanes of at least 4 members (excludes halogenated alkanes) is 35. The van der Waals surface area contributed by atoms with Gasteiger partial charge in [0.1, 0.15) is 13.2 Å². The summed E-state index contributed by atoms with van der Waals surface area (Å²) in [6.45, 7) is 6.54. The number of carbonyl (C=O) groups is 3. The normalized spacial score (nSPS) is 12.6. The first-order valence-electron chi connectivity index (χ1n) is 33.1. The summed E-state index contributed by atoms with van der Waals surface area (Å²) >= 11 is 0. The molecule has 0 fully saturated rings. The molecular weight excluding hydrogens is 949 g/mol. The largest absolute Gasteiger partial charge is 0.462 e. The Kier molecular flexibility index (Phi) is 62.2. The molecule has 0 aliphatic carbocycles. The van der Waals surface area contributed by atoms with Crippen molar-refractivity contribution in [3.05, 3.63) is 85.1 Å². The van der Waals surface area contributed by atoms with Crippen molar-refractivity contribution in [3.63, 3.8) is 0 Å². The topological polar surface area (TPSA) is 78.9 Å². The number of hydrogen-bond acceptors (Lipinski definition) is 6. The van der Waals surface area contributed by atoms with E-state index in [-0.39, 0.29) is 31.1 Å². The van der Waals surface area contributed by atoms with Crippen LogP contribution in [0.3, 0.4) is 0 Å². The molecule has 0 saturated carbocycles. The fourth-order valence-electron chi connectivity index (χ4n) is 9.44. The van der Waals surface area contributed by atoms with Crippen molar-refractivity contribution in [3.8, 4) is 0 Å². The highest BCUT2D eigenvalue weighted by atomic mass is 16.6. The number of carbonyl (C=O) groups excluding carboxylic acids is 3. The van der Waals surface area contributed by atoms with Gasteiger partial charge in [-0.3, -0.25) is 14.4 Å². The molecule has 1 atom stereocenters. The molecule has 0 aromatic heterocycles. The smallest absolute Gasteiger partial charge is 0.306 e. The Morgan fingerprint density at radius 3 is 0.805 bits per heavy atom. The molecule has 0 N–H and O–H groups in total. The second kappa shape index (κ2) is 65.1. The number of esters is 3. The first-order valence-corrected chi connectivity index (χ1v) is 33.1. The molecule has 0 radical (unpaired) electrons. The van der Waals surface area contributed by atoms with Crippen LogP contribution in [0.1, 0.15) is 329 Å². The quantitative estimate of drug-likeness (QED) is 0.0261. The zero-order valence-corrected chi connectivity index (χ0v) is 51.0. The molecule has 0 saturated heterocycles. The molecule has 0 aromatic carbocycles. The van der Waals surface area contributed by atoms with Crippen LogP contribution in [0, 0.1) is 0 Å². The molecule has 6 heteroatoms. The molecule has 77 heavy (non-hydrogen) atoms. The Labute approximate surface area is 477 Å². The second-order valence-corrected chi connectivity index (χ2v) is 22.0. The maximum Gasteiger partial charge on any atom is 0.306 e. The molecule has 0 aliphatic heterocycles. The van der Waals surface area contributed by atoms with Crippen LogP contribution < -0.4 is 0 Å². The number of ether oxygens (including phenoxy) is 3. The maximum absolute atomic E-state index is 12.9. The van der Waals surface area contributed by atoms with E-state index in [4.69, 9.17) is 14.2 Å².